The van der Waals surface area contributed by atoms with Crippen molar-refractivity contribution in [3.05, 3.63) is 71.8 Å². The molecule has 1 aliphatic carbocycles. The van der Waals surface area contributed by atoms with E-state index in [9.17, 15) is 4.79 Å². The van der Waals surface area contributed by atoms with Crippen molar-refractivity contribution in [2.75, 3.05) is 6.61 Å². The van der Waals surface area contributed by atoms with Gasteiger partial charge >= 0.3 is 0 Å². The molecule has 1 fully saturated rings. The first-order valence-electron chi connectivity index (χ1n) is 8.18. The molecule has 1 saturated carbocycles. The molecule has 3 nitrogen and oxygen atoms in total. The Balaban J connectivity index is 1.56. The fourth-order valence-corrected chi connectivity index (χ4v) is 2.93. The summed E-state index contributed by atoms with van der Waals surface area (Å²) in [5, 5.41) is 0. The topological polar surface area (TPSA) is 35.5 Å². The average molecular weight is 328 g/mol. The van der Waals surface area contributed by atoms with Gasteiger partial charge in [0.25, 0.3) is 0 Å². The zero-order valence-electron chi connectivity index (χ0n) is 13.5. The molecule has 0 spiro atoms. The number of hydrogen-bond acceptors (Lipinski definition) is 3. The van der Waals surface area contributed by atoms with Crippen LogP contribution in [0.25, 0.3) is 0 Å². The minimum Gasteiger partial charge on any atom is -0.373 e. The number of carbonyl (C=O) groups excluding carboxylic acids is 1. The highest BCUT2D eigenvalue weighted by molar-refractivity contribution is 5.90. The van der Waals surface area contributed by atoms with E-state index in [1.54, 1.807) is 0 Å². The first-order chi connectivity index (χ1) is 11.7. The van der Waals surface area contributed by atoms with E-state index in [0.717, 1.165) is 11.1 Å². The molecule has 0 heterocycles. The van der Waals surface area contributed by atoms with E-state index < -0.39 is 17.6 Å². The summed E-state index contributed by atoms with van der Waals surface area (Å²) in [4.78, 5) is 12.0. The van der Waals surface area contributed by atoms with Crippen molar-refractivity contribution in [3.63, 3.8) is 0 Å². The molecule has 0 radical (unpaired) electrons. The number of carbonyl (C=O) groups is 1. The monoisotopic (exact) mass is 328 g/mol. The van der Waals surface area contributed by atoms with Gasteiger partial charge in [0.05, 0.1) is 19.8 Å². The molecule has 126 valence electrons. The third-order valence-corrected chi connectivity index (χ3v) is 4.33. The predicted molar refractivity (Wildman–Crippen MR) is 89.2 cm³/mol. The molecule has 2 atom stereocenters. The molecule has 0 saturated heterocycles. The molecule has 0 aromatic heterocycles. The Bertz CT molecular complexity index is 659. The Labute approximate surface area is 141 Å². The van der Waals surface area contributed by atoms with Crippen molar-refractivity contribution in [2.24, 2.45) is 0 Å². The van der Waals surface area contributed by atoms with Gasteiger partial charge in [-0.2, -0.15) is 0 Å². The van der Waals surface area contributed by atoms with Crippen LogP contribution in [-0.2, 0) is 27.5 Å². The minimum atomic E-state index is -2.05. The van der Waals surface area contributed by atoms with Crippen LogP contribution in [0.1, 0.15) is 24.0 Å². The molecular formula is C20H21FO3. The van der Waals surface area contributed by atoms with Crippen LogP contribution < -0.4 is 0 Å². The zero-order chi connectivity index (χ0) is 16.8. The largest absolute Gasteiger partial charge is 0.373 e. The fraction of sp³-hybridized carbons (Fsp3) is 0.350. The second-order valence-electron chi connectivity index (χ2n) is 6.09. The minimum absolute atomic E-state index is 0.199. The first-order valence-corrected chi connectivity index (χ1v) is 8.18. The zero-order valence-corrected chi connectivity index (χ0v) is 13.5. The van der Waals surface area contributed by atoms with E-state index in [4.69, 9.17) is 9.47 Å². The molecule has 0 N–H and O–H groups in total. The Morgan fingerprint density at radius 2 is 1.54 bits per heavy atom. The van der Waals surface area contributed by atoms with Gasteiger partial charge in [-0.15, -0.1) is 0 Å². The van der Waals surface area contributed by atoms with Crippen molar-refractivity contribution in [2.45, 2.75) is 37.8 Å². The Morgan fingerprint density at radius 3 is 2.17 bits per heavy atom. The Morgan fingerprint density at radius 1 is 0.958 bits per heavy atom. The number of Topliss-reactive ketones (excluding diaryl/α,β-unsaturated/α-hetero) is 1. The smallest absolute Gasteiger partial charge is 0.217 e. The summed E-state index contributed by atoms with van der Waals surface area (Å²) in [7, 11) is 0. The molecule has 0 amide bonds. The second kappa shape index (κ2) is 7.69. The molecule has 2 aromatic carbocycles. The van der Waals surface area contributed by atoms with Gasteiger partial charge in [-0.05, 0) is 17.5 Å². The summed E-state index contributed by atoms with van der Waals surface area (Å²) >= 11 is 0. The summed E-state index contributed by atoms with van der Waals surface area (Å²) in [6, 6.07) is 19.1. The van der Waals surface area contributed by atoms with Gasteiger partial charge in [0, 0.05) is 6.42 Å². The maximum absolute atomic E-state index is 15.2. The van der Waals surface area contributed by atoms with Gasteiger partial charge < -0.3 is 9.47 Å². The first kappa shape index (κ1) is 16.8. The van der Waals surface area contributed by atoms with Crippen molar-refractivity contribution >= 4 is 5.78 Å². The summed E-state index contributed by atoms with van der Waals surface area (Å²) in [5.41, 5.74) is -0.137. The number of benzene rings is 2. The van der Waals surface area contributed by atoms with Gasteiger partial charge in [-0.3, -0.25) is 4.79 Å². The van der Waals surface area contributed by atoms with E-state index in [1.807, 2.05) is 60.7 Å². The van der Waals surface area contributed by atoms with Crippen LogP contribution in [-0.4, -0.2) is 24.2 Å². The number of ketones is 1. The summed E-state index contributed by atoms with van der Waals surface area (Å²) in [6.45, 7) is 0.314. The van der Waals surface area contributed by atoms with Crippen LogP contribution >= 0.6 is 0 Å². The lowest BCUT2D eigenvalue weighted by molar-refractivity contribution is -0.143. The van der Waals surface area contributed by atoms with Crippen LogP contribution in [0.5, 0.6) is 0 Å². The van der Waals surface area contributed by atoms with E-state index in [2.05, 4.69) is 0 Å². The highest BCUT2D eigenvalue weighted by Crippen LogP contribution is 2.34. The molecule has 0 bridgehead atoms. The highest BCUT2D eigenvalue weighted by atomic mass is 19.1. The van der Waals surface area contributed by atoms with Crippen LogP contribution in [0.3, 0.4) is 0 Å². The third kappa shape index (κ3) is 3.89. The third-order valence-electron chi connectivity index (χ3n) is 4.33. The van der Waals surface area contributed by atoms with Crippen LogP contribution in [0, 0.1) is 0 Å². The Kier molecular flexibility index (Phi) is 5.38. The van der Waals surface area contributed by atoms with Gasteiger partial charge in [-0.25, -0.2) is 4.39 Å². The number of halogens is 1. The van der Waals surface area contributed by atoms with Crippen LogP contribution in [0.15, 0.2) is 60.7 Å². The molecule has 0 aliphatic heterocycles. The fourth-order valence-electron chi connectivity index (χ4n) is 2.93. The van der Waals surface area contributed by atoms with Crippen molar-refractivity contribution in [1.82, 2.24) is 0 Å². The summed E-state index contributed by atoms with van der Waals surface area (Å²) in [5.74, 6) is -0.423. The average Bonchev–Trinajstić information content (AvgIpc) is 2.90. The standard InChI is InChI=1S/C20H21FO3/c21-20(15-23-13-16-7-3-1-4-8-16)18(22)11-12-19(20)24-14-17-9-5-2-6-10-17/h1-10,19H,11-15H2/t19-,20-/m0/s1. The number of rotatable bonds is 7. The second-order valence-corrected chi connectivity index (χ2v) is 6.09. The van der Waals surface area contributed by atoms with Gasteiger partial charge in [-0.1, -0.05) is 60.7 Å². The number of hydrogen-bond donors (Lipinski definition) is 0. The molecule has 24 heavy (non-hydrogen) atoms. The lowest BCUT2D eigenvalue weighted by Crippen LogP contribution is -2.44. The molecule has 2 aromatic rings. The van der Waals surface area contributed by atoms with Crippen molar-refractivity contribution in [1.29, 1.82) is 0 Å². The summed E-state index contributed by atoms with van der Waals surface area (Å²) in [6.07, 6.45) is -0.150. The van der Waals surface area contributed by atoms with E-state index in [1.165, 1.54) is 0 Å². The maximum atomic E-state index is 15.2. The van der Waals surface area contributed by atoms with Crippen LogP contribution in [0.4, 0.5) is 4.39 Å². The van der Waals surface area contributed by atoms with Gasteiger partial charge in [0.2, 0.25) is 5.67 Å². The normalized spacial score (nSPS) is 23.5. The lowest BCUT2D eigenvalue weighted by atomic mass is 10.0. The Hall–Kier alpha value is -2.04. The van der Waals surface area contributed by atoms with Gasteiger partial charge in [0.15, 0.2) is 5.78 Å². The van der Waals surface area contributed by atoms with Crippen molar-refractivity contribution in [3.8, 4) is 0 Å². The highest BCUT2D eigenvalue weighted by Gasteiger charge is 2.52. The molecular weight excluding hydrogens is 307 g/mol. The van der Waals surface area contributed by atoms with E-state index in [-0.39, 0.29) is 19.6 Å². The maximum Gasteiger partial charge on any atom is 0.217 e. The lowest BCUT2D eigenvalue weighted by Gasteiger charge is -2.26. The van der Waals surface area contributed by atoms with Gasteiger partial charge in [0.1, 0.15) is 6.10 Å². The predicted octanol–water partition coefficient (Wildman–Crippen LogP) is 3.86. The number of alkyl halides is 1. The molecule has 3 rings (SSSR count). The van der Waals surface area contributed by atoms with Crippen molar-refractivity contribution < 1.29 is 18.7 Å². The SMILES string of the molecule is O=C1CC[C@H](OCc2ccccc2)[C@]1(F)COCc1ccccc1. The quantitative estimate of drug-likeness (QED) is 0.774. The van der Waals surface area contributed by atoms with Crippen LogP contribution in [0.2, 0.25) is 0 Å². The number of ether oxygens (including phenoxy) is 2. The summed E-state index contributed by atoms with van der Waals surface area (Å²) < 4.78 is 26.4. The van der Waals surface area contributed by atoms with E-state index in [0.29, 0.717) is 13.0 Å². The molecule has 1 aliphatic rings. The molecule has 4 heteroatoms. The van der Waals surface area contributed by atoms with E-state index >= 15 is 4.39 Å². The molecule has 0 unspecified atom stereocenters.